The van der Waals surface area contributed by atoms with Gasteiger partial charge in [0.25, 0.3) is 0 Å². The lowest BCUT2D eigenvalue weighted by atomic mass is 9.85. The van der Waals surface area contributed by atoms with Crippen LogP contribution in [0.5, 0.6) is 0 Å². The van der Waals surface area contributed by atoms with Crippen LogP contribution in [0.25, 0.3) is 0 Å². The summed E-state index contributed by atoms with van der Waals surface area (Å²) in [6.07, 6.45) is 6.01. The van der Waals surface area contributed by atoms with Gasteiger partial charge in [-0.2, -0.15) is 0 Å². The lowest BCUT2D eigenvalue weighted by molar-refractivity contribution is 0.134. The molecule has 2 atom stereocenters. The molecule has 1 heterocycles. The molecule has 1 N–H and O–H groups in total. The summed E-state index contributed by atoms with van der Waals surface area (Å²) in [5.41, 5.74) is 1.14. The fraction of sp³-hybridized carbons (Fsp3) is 0.647. The summed E-state index contributed by atoms with van der Waals surface area (Å²) in [7, 11) is 2.25. The lowest BCUT2D eigenvalue weighted by Crippen LogP contribution is -2.38. The van der Waals surface area contributed by atoms with E-state index in [0.717, 1.165) is 18.0 Å². The minimum absolute atomic E-state index is 0.145. The Balaban J connectivity index is 1.99. The van der Waals surface area contributed by atoms with Gasteiger partial charge in [0.2, 0.25) is 0 Å². The van der Waals surface area contributed by atoms with Gasteiger partial charge in [0.15, 0.2) is 0 Å². The molecule has 0 radical (unpaired) electrons. The van der Waals surface area contributed by atoms with Crippen LogP contribution in [-0.2, 0) is 6.54 Å². The van der Waals surface area contributed by atoms with E-state index in [9.17, 15) is 0 Å². The topological polar surface area (TPSA) is 23.5 Å². The van der Waals surface area contributed by atoms with Gasteiger partial charge < -0.3 is 5.11 Å². The first-order chi connectivity index (χ1) is 9.72. The third-order valence-electron chi connectivity index (χ3n) is 4.23. The summed E-state index contributed by atoms with van der Waals surface area (Å²) in [6.45, 7) is 3.53. The Labute approximate surface area is 126 Å². The Bertz CT molecular complexity index is 471. The molecule has 0 bridgehead atoms. The van der Waals surface area contributed by atoms with Gasteiger partial charge in [-0.15, -0.1) is 11.3 Å². The average molecular weight is 291 g/mol. The molecule has 0 aliphatic heterocycles. The minimum atomic E-state index is 0.145. The molecule has 2 nitrogen and oxygen atoms in total. The number of hydrogen-bond acceptors (Lipinski definition) is 3. The van der Waals surface area contributed by atoms with Crippen LogP contribution in [0.2, 0.25) is 0 Å². The van der Waals surface area contributed by atoms with Crippen LogP contribution >= 0.6 is 11.3 Å². The summed E-state index contributed by atoms with van der Waals surface area (Å²) >= 11 is 1.79. The lowest BCUT2D eigenvalue weighted by Gasteiger charge is -2.36. The smallest absolute Gasteiger partial charge is 0.0540 e. The highest BCUT2D eigenvalue weighted by Gasteiger charge is 2.25. The van der Waals surface area contributed by atoms with Crippen LogP contribution in [-0.4, -0.2) is 29.7 Å². The SMILES string of the molecule is CC1CCCCC1N(C)Cc1sccc1C#CCCO. The molecular formula is C17H25NOS. The van der Waals surface area contributed by atoms with E-state index in [1.807, 2.05) is 0 Å². The van der Waals surface area contributed by atoms with Crippen molar-refractivity contribution in [2.75, 3.05) is 13.7 Å². The Kier molecular flexibility index (Phi) is 6.09. The predicted octanol–water partition coefficient (Wildman–Crippen LogP) is 3.49. The molecule has 2 rings (SSSR count). The molecule has 2 unspecified atom stereocenters. The van der Waals surface area contributed by atoms with E-state index < -0.39 is 0 Å². The fourth-order valence-corrected chi connectivity index (χ4v) is 3.98. The van der Waals surface area contributed by atoms with Gasteiger partial charge in [0.1, 0.15) is 0 Å². The summed E-state index contributed by atoms with van der Waals surface area (Å²) in [5, 5.41) is 10.9. The monoisotopic (exact) mass is 291 g/mol. The number of nitrogens with zero attached hydrogens (tertiary/aromatic N) is 1. The van der Waals surface area contributed by atoms with Crippen LogP contribution in [0.15, 0.2) is 11.4 Å². The van der Waals surface area contributed by atoms with Crippen molar-refractivity contribution < 1.29 is 5.11 Å². The predicted molar refractivity (Wildman–Crippen MR) is 85.8 cm³/mol. The van der Waals surface area contributed by atoms with Crippen LogP contribution < -0.4 is 0 Å². The second kappa shape index (κ2) is 7.83. The molecule has 1 fully saturated rings. The maximum atomic E-state index is 8.80. The molecule has 0 aromatic carbocycles. The van der Waals surface area contributed by atoms with Crippen LogP contribution in [0.1, 0.15) is 49.5 Å². The molecule has 0 spiro atoms. The van der Waals surface area contributed by atoms with E-state index in [0.29, 0.717) is 12.5 Å². The first-order valence-corrected chi connectivity index (χ1v) is 8.46. The van der Waals surface area contributed by atoms with Gasteiger partial charge in [-0.05, 0) is 37.3 Å². The Morgan fingerprint density at radius 3 is 2.95 bits per heavy atom. The summed E-state index contributed by atoms with van der Waals surface area (Å²) in [4.78, 5) is 3.86. The average Bonchev–Trinajstić information content (AvgIpc) is 2.87. The molecule has 1 aromatic heterocycles. The van der Waals surface area contributed by atoms with Gasteiger partial charge >= 0.3 is 0 Å². The van der Waals surface area contributed by atoms with Crippen LogP contribution in [0.4, 0.5) is 0 Å². The zero-order valence-corrected chi connectivity index (χ0v) is 13.4. The Morgan fingerprint density at radius 1 is 1.40 bits per heavy atom. The maximum Gasteiger partial charge on any atom is 0.0540 e. The van der Waals surface area contributed by atoms with E-state index in [2.05, 4.69) is 42.2 Å². The molecule has 0 amide bonds. The van der Waals surface area contributed by atoms with Gasteiger partial charge in [-0.25, -0.2) is 0 Å². The van der Waals surface area contributed by atoms with Crippen LogP contribution in [0.3, 0.4) is 0 Å². The highest BCUT2D eigenvalue weighted by molar-refractivity contribution is 7.10. The van der Waals surface area contributed by atoms with Crippen molar-refractivity contribution in [1.29, 1.82) is 0 Å². The van der Waals surface area contributed by atoms with Gasteiger partial charge in [0.05, 0.1) is 6.61 Å². The van der Waals surface area contributed by atoms with Crippen molar-refractivity contribution in [3.63, 3.8) is 0 Å². The highest BCUT2D eigenvalue weighted by atomic mass is 32.1. The second-order valence-electron chi connectivity index (χ2n) is 5.78. The van der Waals surface area contributed by atoms with Crippen molar-refractivity contribution in [1.82, 2.24) is 4.90 Å². The van der Waals surface area contributed by atoms with Crippen molar-refractivity contribution in [2.24, 2.45) is 5.92 Å². The highest BCUT2D eigenvalue weighted by Crippen LogP contribution is 2.29. The van der Waals surface area contributed by atoms with Crippen LogP contribution in [0, 0.1) is 17.8 Å². The molecule has 1 aliphatic rings. The molecule has 1 aromatic rings. The first kappa shape index (κ1) is 15.6. The van der Waals surface area contributed by atoms with E-state index in [1.54, 1.807) is 11.3 Å². The zero-order valence-electron chi connectivity index (χ0n) is 12.6. The number of aliphatic hydroxyl groups is 1. The van der Waals surface area contributed by atoms with Gasteiger partial charge in [0, 0.05) is 29.4 Å². The molecule has 20 heavy (non-hydrogen) atoms. The zero-order chi connectivity index (χ0) is 14.4. The largest absolute Gasteiger partial charge is 0.395 e. The standard InChI is InChI=1S/C17H25NOS/c1-14-7-3-4-9-16(14)18(2)13-17-15(10-12-20-17)8-5-6-11-19/h10,12,14,16,19H,3-4,6-7,9,11,13H2,1-2H3. The quantitative estimate of drug-likeness (QED) is 0.858. The van der Waals surface area contributed by atoms with Crippen molar-refractivity contribution in [3.8, 4) is 11.8 Å². The summed E-state index contributed by atoms with van der Waals surface area (Å²) in [6, 6.07) is 2.81. The third-order valence-corrected chi connectivity index (χ3v) is 5.14. The minimum Gasteiger partial charge on any atom is -0.395 e. The maximum absolute atomic E-state index is 8.80. The van der Waals surface area contributed by atoms with E-state index in [-0.39, 0.29) is 6.61 Å². The Morgan fingerprint density at radius 2 is 2.20 bits per heavy atom. The normalized spacial score (nSPS) is 22.6. The second-order valence-corrected chi connectivity index (χ2v) is 6.78. The third kappa shape index (κ3) is 4.09. The Hall–Kier alpha value is -0.820. The van der Waals surface area contributed by atoms with Crippen molar-refractivity contribution in [2.45, 2.75) is 51.6 Å². The molecule has 0 saturated heterocycles. The molecule has 1 saturated carbocycles. The summed E-state index contributed by atoms with van der Waals surface area (Å²) in [5.74, 6) is 7.02. The molecule has 110 valence electrons. The van der Waals surface area contributed by atoms with E-state index >= 15 is 0 Å². The van der Waals surface area contributed by atoms with Gasteiger partial charge in [-0.1, -0.05) is 31.6 Å². The van der Waals surface area contributed by atoms with Crippen molar-refractivity contribution in [3.05, 3.63) is 21.9 Å². The molecule has 1 aliphatic carbocycles. The molecule has 3 heteroatoms. The number of aliphatic hydroxyl groups excluding tert-OH is 1. The fourth-order valence-electron chi connectivity index (χ4n) is 3.08. The van der Waals surface area contributed by atoms with Crippen molar-refractivity contribution >= 4 is 11.3 Å². The summed E-state index contributed by atoms with van der Waals surface area (Å²) < 4.78 is 0. The first-order valence-electron chi connectivity index (χ1n) is 7.58. The van der Waals surface area contributed by atoms with E-state index in [1.165, 1.54) is 30.6 Å². The van der Waals surface area contributed by atoms with Gasteiger partial charge in [-0.3, -0.25) is 4.90 Å². The number of hydrogen-bond donors (Lipinski definition) is 1. The van der Waals surface area contributed by atoms with E-state index in [4.69, 9.17) is 5.11 Å². The number of thiophene rings is 1. The molecular weight excluding hydrogens is 266 g/mol. The number of rotatable bonds is 4.